The maximum Gasteiger partial charge on any atom is 0.416 e. The van der Waals surface area contributed by atoms with Crippen molar-refractivity contribution in [2.45, 2.75) is 57.2 Å². The van der Waals surface area contributed by atoms with Gasteiger partial charge in [0.05, 0.1) is 11.5 Å². The Bertz CT molecular complexity index is 605. The number of halogens is 3. The number of carboxylic acids is 1. The van der Waals surface area contributed by atoms with E-state index < -0.39 is 17.7 Å². The van der Waals surface area contributed by atoms with Crippen molar-refractivity contribution in [2.24, 2.45) is 5.92 Å². The van der Waals surface area contributed by atoms with Gasteiger partial charge in [-0.15, -0.1) is 0 Å². The van der Waals surface area contributed by atoms with Gasteiger partial charge in [-0.3, -0.25) is 9.59 Å². The van der Waals surface area contributed by atoms with Gasteiger partial charge in [0.2, 0.25) is 5.91 Å². The average molecular weight is 357 g/mol. The van der Waals surface area contributed by atoms with Crippen molar-refractivity contribution in [2.75, 3.05) is 0 Å². The molecule has 0 heterocycles. The summed E-state index contributed by atoms with van der Waals surface area (Å²) < 4.78 is 37.7. The van der Waals surface area contributed by atoms with Crippen molar-refractivity contribution >= 4 is 11.9 Å². The van der Waals surface area contributed by atoms with Gasteiger partial charge in [0.15, 0.2) is 0 Å². The highest BCUT2D eigenvalue weighted by atomic mass is 19.4. The molecular formula is C18H22F3NO3. The molecule has 0 aromatic heterocycles. The summed E-state index contributed by atoms with van der Waals surface area (Å²) >= 11 is 0. The van der Waals surface area contributed by atoms with E-state index in [0.717, 1.165) is 12.1 Å². The Labute approximate surface area is 144 Å². The van der Waals surface area contributed by atoms with Crippen LogP contribution in [0.25, 0.3) is 0 Å². The number of carbonyl (C=O) groups is 2. The molecule has 1 saturated carbocycles. The van der Waals surface area contributed by atoms with Crippen LogP contribution in [0.4, 0.5) is 13.2 Å². The number of carbonyl (C=O) groups excluding carboxylic acids is 1. The topological polar surface area (TPSA) is 66.4 Å². The average Bonchev–Trinajstić information content (AvgIpc) is 2.54. The van der Waals surface area contributed by atoms with Gasteiger partial charge in [-0.05, 0) is 49.3 Å². The Hall–Kier alpha value is -2.05. The number of hydrogen-bond acceptors (Lipinski definition) is 2. The monoisotopic (exact) mass is 357 g/mol. The van der Waals surface area contributed by atoms with Crippen LogP contribution in [0.2, 0.25) is 0 Å². The number of amides is 1. The fraction of sp³-hybridized carbons (Fsp3) is 0.556. The summed E-state index contributed by atoms with van der Waals surface area (Å²) in [6.07, 6.45) is -1.81. The number of aliphatic carboxylic acids is 1. The lowest BCUT2D eigenvalue weighted by molar-refractivity contribution is -0.143. The van der Waals surface area contributed by atoms with Gasteiger partial charge in [0.1, 0.15) is 0 Å². The van der Waals surface area contributed by atoms with E-state index in [2.05, 4.69) is 5.32 Å². The molecule has 0 aliphatic heterocycles. The van der Waals surface area contributed by atoms with E-state index in [-0.39, 0.29) is 30.2 Å². The second kappa shape index (κ2) is 7.89. The van der Waals surface area contributed by atoms with Gasteiger partial charge in [0, 0.05) is 12.5 Å². The normalized spacial score (nSPS) is 22.2. The first-order chi connectivity index (χ1) is 11.7. The fourth-order valence-electron chi connectivity index (χ4n) is 3.17. The van der Waals surface area contributed by atoms with E-state index >= 15 is 0 Å². The predicted octanol–water partition coefficient (Wildman–Crippen LogP) is 3.96. The van der Waals surface area contributed by atoms with Gasteiger partial charge in [-0.1, -0.05) is 19.1 Å². The molecule has 1 atom stereocenters. The molecule has 1 fully saturated rings. The van der Waals surface area contributed by atoms with E-state index in [1.807, 2.05) is 0 Å². The van der Waals surface area contributed by atoms with Crippen LogP contribution in [0.3, 0.4) is 0 Å². The van der Waals surface area contributed by atoms with Crippen molar-refractivity contribution < 1.29 is 27.9 Å². The van der Waals surface area contributed by atoms with Crippen LogP contribution in [0, 0.1) is 5.92 Å². The van der Waals surface area contributed by atoms with Crippen molar-refractivity contribution in [3.05, 3.63) is 35.4 Å². The number of hydrogen-bond donors (Lipinski definition) is 2. The molecule has 2 rings (SSSR count). The van der Waals surface area contributed by atoms with E-state index in [1.165, 1.54) is 12.1 Å². The molecule has 25 heavy (non-hydrogen) atoms. The molecule has 138 valence electrons. The van der Waals surface area contributed by atoms with Gasteiger partial charge in [-0.25, -0.2) is 0 Å². The minimum atomic E-state index is -4.37. The van der Waals surface area contributed by atoms with Gasteiger partial charge in [-0.2, -0.15) is 13.2 Å². The van der Waals surface area contributed by atoms with E-state index in [4.69, 9.17) is 5.11 Å². The highest BCUT2D eigenvalue weighted by molar-refractivity contribution is 5.77. The first-order valence-electron chi connectivity index (χ1n) is 8.36. The van der Waals surface area contributed by atoms with E-state index in [9.17, 15) is 22.8 Å². The zero-order valence-electron chi connectivity index (χ0n) is 14.0. The fourth-order valence-corrected chi connectivity index (χ4v) is 3.17. The zero-order chi connectivity index (χ0) is 18.6. The largest absolute Gasteiger partial charge is 0.481 e. The van der Waals surface area contributed by atoms with Gasteiger partial charge in [0.25, 0.3) is 0 Å². The molecule has 0 saturated heterocycles. The highest BCUT2D eigenvalue weighted by Gasteiger charge is 2.30. The first kappa shape index (κ1) is 19.3. The van der Waals surface area contributed by atoms with Crippen LogP contribution in [0.1, 0.15) is 56.1 Å². The second-order valence-electron chi connectivity index (χ2n) is 6.68. The number of carboxylic acid groups (broad SMARTS) is 1. The van der Waals surface area contributed by atoms with Crippen molar-refractivity contribution in [3.63, 3.8) is 0 Å². The SMILES string of the molecule is CC(CC(=O)NC1CCC(C(=O)O)CC1)c1ccc(C(F)(F)F)cc1. The minimum Gasteiger partial charge on any atom is -0.481 e. The molecule has 1 aliphatic carbocycles. The summed E-state index contributed by atoms with van der Waals surface area (Å²) in [7, 11) is 0. The minimum absolute atomic E-state index is 0.0251. The number of alkyl halides is 3. The number of benzene rings is 1. The lowest BCUT2D eigenvalue weighted by Crippen LogP contribution is -2.39. The summed E-state index contributed by atoms with van der Waals surface area (Å²) in [6, 6.07) is 4.83. The summed E-state index contributed by atoms with van der Waals surface area (Å²) in [5.74, 6) is -1.48. The Morgan fingerprint density at radius 3 is 2.20 bits per heavy atom. The summed E-state index contributed by atoms with van der Waals surface area (Å²) in [5, 5.41) is 11.9. The van der Waals surface area contributed by atoms with Crippen LogP contribution >= 0.6 is 0 Å². The number of rotatable bonds is 5. The lowest BCUT2D eigenvalue weighted by atomic mass is 9.86. The Morgan fingerprint density at radius 1 is 1.16 bits per heavy atom. The molecule has 1 aromatic carbocycles. The number of nitrogens with one attached hydrogen (secondary N) is 1. The van der Waals surface area contributed by atoms with E-state index in [1.54, 1.807) is 6.92 Å². The maximum absolute atomic E-state index is 12.6. The third-order valence-electron chi connectivity index (χ3n) is 4.74. The molecule has 1 unspecified atom stereocenters. The summed E-state index contributed by atoms with van der Waals surface area (Å²) in [5.41, 5.74) is -0.0270. The third kappa shape index (κ3) is 5.47. The maximum atomic E-state index is 12.6. The summed E-state index contributed by atoms with van der Waals surface area (Å²) in [4.78, 5) is 23.0. The molecule has 0 bridgehead atoms. The zero-order valence-corrected chi connectivity index (χ0v) is 14.0. The van der Waals surface area contributed by atoms with Crippen LogP contribution in [-0.4, -0.2) is 23.0 Å². The molecule has 1 aromatic rings. The predicted molar refractivity (Wildman–Crippen MR) is 86.0 cm³/mol. The van der Waals surface area contributed by atoms with Crippen LogP contribution in [0.5, 0.6) is 0 Å². The molecule has 0 spiro atoms. The third-order valence-corrected chi connectivity index (χ3v) is 4.74. The smallest absolute Gasteiger partial charge is 0.416 e. The standard InChI is InChI=1S/C18H22F3NO3/c1-11(12-2-6-14(7-3-12)18(19,20)21)10-16(23)22-15-8-4-13(5-9-15)17(24)25/h2-3,6-7,11,13,15H,4-5,8-10H2,1H3,(H,22,23)(H,24,25). The lowest BCUT2D eigenvalue weighted by Gasteiger charge is -2.27. The molecule has 1 aliphatic rings. The second-order valence-corrected chi connectivity index (χ2v) is 6.68. The van der Waals surface area contributed by atoms with Crippen LogP contribution in [-0.2, 0) is 15.8 Å². The Kier molecular flexibility index (Phi) is 6.08. The molecule has 2 N–H and O–H groups in total. The highest BCUT2D eigenvalue weighted by Crippen LogP contribution is 2.31. The molecule has 7 heteroatoms. The quantitative estimate of drug-likeness (QED) is 0.838. The van der Waals surface area contributed by atoms with Crippen LogP contribution < -0.4 is 5.32 Å². The summed E-state index contributed by atoms with van der Waals surface area (Å²) in [6.45, 7) is 1.80. The van der Waals surface area contributed by atoms with Gasteiger partial charge >= 0.3 is 12.1 Å². The van der Waals surface area contributed by atoms with Crippen molar-refractivity contribution in [1.82, 2.24) is 5.32 Å². The Balaban J connectivity index is 1.83. The molecule has 4 nitrogen and oxygen atoms in total. The molecular weight excluding hydrogens is 335 g/mol. The van der Waals surface area contributed by atoms with E-state index in [0.29, 0.717) is 31.2 Å². The van der Waals surface area contributed by atoms with Gasteiger partial charge < -0.3 is 10.4 Å². The van der Waals surface area contributed by atoms with Crippen molar-refractivity contribution in [3.8, 4) is 0 Å². The Morgan fingerprint density at radius 2 is 1.72 bits per heavy atom. The van der Waals surface area contributed by atoms with Crippen LogP contribution in [0.15, 0.2) is 24.3 Å². The van der Waals surface area contributed by atoms with Crippen molar-refractivity contribution in [1.29, 1.82) is 0 Å². The molecule has 1 amide bonds. The first-order valence-corrected chi connectivity index (χ1v) is 8.36. The molecule has 0 radical (unpaired) electrons.